The molecule has 1 amide bonds. The lowest BCUT2D eigenvalue weighted by Crippen LogP contribution is -2.19. The summed E-state index contributed by atoms with van der Waals surface area (Å²) in [6.45, 7) is 1.44. The molecule has 0 bridgehead atoms. The largest absolute Gasteiger partial charge is 0.493 e. The zero-order valence-corrected chi connectivity index (χ0v) is 21.3. The van der Waals surface area contributed by atoms with Crippen LogP contribution in [-0.4, -0.2) is 31.7 Å². The smallest absolute Gasteiger partial charge is 0.417 e. The normalized spacial score (nSPS) is 12.9. The average molecular weight is 542 g/mol. The molecule has 0 spiro atoms. The number of carbonyl (C=O) groups excluding carboxylic acids is 1. The van der Waals surface area contributed by atoms with Crippen molar-refractivity contribution < 1.29 is 27.4 Å². The topological polar surface area (TPSA) is 63.7 Å². The summed E-state index contributed by atoms with van der Waals surface area (Å²) >= 11 is 5.65. The number of halogens is 4. The molecular weight excluding hydrogens is 519 g/mol. The molecule has 1 aromatic heterocycles. The zero-order chi connectivity index (χ0) is 27.0. The maximum absolute atomic E-state index is 13.1. The van der Waals surface area contributed by atoms with Crippen LogP contribution in [0.5, 0.6) is 11.5 Å². The highest BCUT2D eigenvalue weighted by Gasteiger charge is 2.34. The number of anilines is 2. The Bertz CT molecular complexity index is 1520. The minimum Gasteiger partial charge on any atom is -0.493 e. The summed E-state index contributed by atoms with van der Waals surface area (Å²) in [5, 5.41) is 3.13. The first-order valence-corrected chi connectivity index (χ1v) is 12.1. The van der Waals surface area contributed by atoms with Crippen molar-refractivity contribution in [2.45, 2.75) is 19.1 Å². The fourth-order valence-corrected chi connectivity index (χ4v) is 4.74. The highest BCUT2D eigenvalue weighted by molar-refractivity contribution is 6.31. The van der Waals surface area contributed by atoms with E-state index in [4.69, 9.17) is 26.1 Å². The second-order valence-corrected chi connectivity index (χ2v) is 9.28. The van der Waals surface area contributed by atoms with Crippen LogP contribution < -0.4 is 19.7 Å². The van der Waals surface area contributed by atoms with E-state index in [1.54, 1.807) is 26.4 Å². The Morgan fingerprint density at radius 3 is 2.42 bits per heavy atom. The molecule has 0 aliphatic carbocycles. The van der Waals surface area contributed by atoms with E-state index in [0.717, 1.165) is 52.9 Å². The molecule has 0 saturated carbocycles. The molecule has 1 aliphatic heterocycles. The van der Waals surface area contributed by atoms with Crippen LogP contribution in [-0.2, 0) is 19.1 Å². The molecule has 0 fully saturated rings. The lowest BCUT2D eigenvalue weighted by atomic mass is 10.1. The SMILES string of the molecule is COc1cc2cc3c(nc2cc1OC)CCN3Cc1ccc(NC(=O)c2ccc(Cl)c(C(F)(F)F)c2)cc1. The van der Waals surface area contributed by atoms with Gasteiger partial charge < -0.3 is 19.7 Å². The Balaban J connectivity index is 1.30. The van der Waals surface area contributed by atoms with E-state index in [-0.39, 0.29) is 5.56 Å². The number of nitrogens with one attached hydrogen (secondary N) is 1. The van der Waals surface area contributed by atoms with E-state index < -0.39 is 22.7 Å². The van der Waals surface area contributed by atoms with E-state index >= 15 is 0 Å². The monoisotopic (exact) mass is 541 g/mol. The highest BCUT2D eigenvalue weighted by Crippen LogP contribution is 2.37. The van der Waals surface area contributed by atoms with Crippen LogP contribution in [0.1, 0.15) is 27.2 Å². The van der Waals surface area contributed by atoms with Crippen molar-refractivity contribution in [3.8, 4) is 11.5 Å². The van der Waals surface area contributed by atoms with Gasteiger partial charge in [-0.05, 0) is 48.0 Å². The van der Waals surface area contributed by atoms with Gasteiger partial charge in [0.15, 0.2) is 11.5 Å². The molecule has 0 atom stereocenters. The number of carbonyl (C=O) groups is 1. The zero-order valence-electron chi connectivity index (χ0n) is 20.5. The van der Waals surface area contributed by atoms with Crippen LogP contribution in [0.3, 0.4) is 0 Å². The first-order valence-electron chi connectivity index (χ1n) is 11.7. The summed E-state index contributed by atoms with van der Waals surface area (Å²) in [4.78, 5) is 19.6. The standard InChI is InChI=1S/C28H23ClF3N3O3/c1-37-25-13-18-12-24-22(34-23(18)14-26(25)38-2)9-10-35(24)15-16-3-6-19(7-4-16)33-27(36)17-5-8-21(29)20(11-17)28(30,31)32/h3-8,11-14H,9-10,15H2,1-2H3,(H,33,36). The highest BCUT2D eigenvalue weighted by atomic mass is 35.5. The van der Waals surface area contributed by atoms with Gasteiger partial charge in [-0.15, -0.1) is 0 Å². The van der Waals surface area contributed by atoms with Gasteiger partial charge >= 0.3 is 6.18 Å². The van der Waals surface area contributed by atoms with Gasteiger partial charge in [0, 0.05) is 42.2 Å². The van der Waals surface area contributed by atoms with E-state index in [1.807, 2.05) is 24.3 Å². The van der Waals surface area contributed by atoms with Crippen LogP contribution in [0.25, 0.3) is 10.9 Å². The molecule has 196 valence electrons. The Morgan fingerprint density at radius 2 is 1.74 bits per heavy atom. The second kappa shape index (κ2) is 10.1. The van der Waals surface area contributed by atoms with Crippen LogP contribution in [0.4, 0.5) is 24.5 Å². The molecule has 6 nitrogen and oxygen atoms in total. The third kappa shape index (κ3) is 5.06. The van der Waals surface area contributed by atoms with Crippen LogP contribution in [0, 0.1) is 0 Å². The Labute approximate surface area is 221 Å². The lowest BCUT2D eigenvalue weighted by Gasteiger charge is -2.20. The molecule has 3 aromatic carbocycles. The van der Waals surface area contributed by atoms with Gasteiger partial charge in [0.1, 0.15) is 0 Å². The van der Waals surface area contributed by atoms with Crippen molar-refractivity contribution in [3.05, 3.63) is 88.1 Å². The quantitative estimate of drug-likeness (QED) is 0.293. The fourth-order valence-electron chi connectivity index (χ4n) is 4.51. The molecule has 2 heterocycles. The van der Waals surface area contributed by atoms with Crippen molar-refractivity contribution in [2.24, 2.45) is 0 Å². The van der Waals surface area contributed by atoms with E-state index in [0.29, 0.717) is 23.7 Å². The predicted molar refractivity (Wildman–Crippen MR) is 140 cm³/mol. The van der Waals surface area contributed by atoms with Crippen LogP contribution >= 0.6 is 11.6 Å². The van der Waals surface area contributed by atoms with E-state index in [1.165, 1.54) is 6.07 Å². The van der Waals surface area contributed by atoms with Gasteiger partial charge in [0.25, 0.3) is 5.91 Å². The van der Waals surface area contributed by atoms with Gasteiger partial charge in [-0.2, -0.15) is 13.2 Å². The second-order valence-electron chi connectivity index (χ2n) is 8.87. The number of alkyl halides is 3. The minimum absolute atomic E-state index is 0.131. The number of pyridine rings is 1. The number of ether oxygens (including phenoxy) is 2. The summed E-state index contributed by atoms with van der Waals surface area (Å²) in [5.41, 5.74) is 3.19. The minimum atomic E-state index is -4.65. The molecule has 0 radical (unpaired) electrons. The van der Waals surface area contributed by atoms with Gasteiger partial charge in [-0.25, -0.2) is 0 Å². The van der Waals surface area contributed by atoms with Crippen molar-refractivity contribution in [3.63, 3.8) is 0 Å². The molecule has 0 saturated heterocycles. The molecule has 5 rings (SSSR count). The maximum Gasteiger partial charge on any atom is 0.417 e. The number of rotatable bonds is 6. The number of hydrogen-bond acceptors (Lipinski definition) is 5. The van der Waals surface area contributed by atoms with Gasteiger partial charge in [-0.3, -0.25) is 9.78 Å². The summed E-state index contributed by atoms with van der Waals surface area (Å²) in [6, 6.07) is 16.2. The summed E-state index contributed by atoms with van der Waals surface area (Å²) in [6.07, 6.45) is -3.83. The maximum atomic E-state index is 13.1. The third-order valence-electron chi connectivity index (χ3n) is 6.45. The molecule has 0 unspecified atom stereocenters. The first kappa shape index (κ1) is 25.7. The Hall–Kier alpha value is -3.98. The molecule has 10 heteroatoms. The predicted octanol–water partition coefficient (Wildman–Crippen LogP) is 6.74. The van der Waals surface area contributed by atoms with Gasteiger partial charge in [0.05, 0.1) is 41.7 Å². The fraction of sp³-hybridized carbons (Fsp3) is 0.214. The molecule has 38 heavy (non-hydrogen) atoms. The average Bonchev–Trinajstić information content (AvgIpc) is 3.28. The van der Waals surface area contributed by atoms with E-state index in [9.17, 15) is 18.0 Å². The summed E-state index contributed by atoms with van der Waals surface area (Å²) in [5.74, 6) is 0.613. The van der Waals surface area contributed by atoms with Gasteiger partial charge in [-0.1, -0.05) is 23.7 Å². The van der Waals surface area contributed by atoms with Crippen molar-refractivity contribution in [2.75, 3.05) is 31.0 Å². The number of amides is 1. The molecule has 1 aliphatic rings. The Kier molecular flexibility index (Phi) is 6.79. The number of methoxy groups -OCH3 is 2. The number of fused-ring (bicyclic) bond motifs is 2. The third-order valence-corrected chi connectivity index (χ3v) is 6.78. The first-order chi connectivity index (χ1) is 18.2. The van der Waals surface area contributed by atoms with Gasteiger partial charge in [0.2, 0.25) is 0 Å². The van der Waals surface area contributed by atoms with E-state index in [2.05, 4.69) is 16.3 Å². The van der Waals surface area contributed by atoms with Crippen LogP contribution in [0.15, 0.2) is 60.7 Å². The van der Waals surface area contributed by atoms with Crippen LogP contribution in [0.2, 0.25) is 5.02 Å². The number of aromatic nitrogens is 1. The lowest BCUT2D eigenvalue weighted by molar-refractivity contribution is -0.137. The summed E-state index contributed by atoms with van der Waals surface area (Å²) in [7, 11) is 3.19. The molecule has 1 N–H and O–H groups in total. The number of hydrogen-bond donors (Lipinski definition) is 1. The van der Waals surface area contributed by atoms with Crippen molar-refractivity contribution in [1.82, 2.24) is 4.98 Å². The Morgan fingerprint density at radius 1 is 1.03 bits per heavy atom. The summed E-state index contributed by atoms with van der Waals surface area (Å²) < 4.78 is 50.2. The number of nitrogens with zero attached hydrogens (tertiary/aromatic N) is 2. The van der Waals surface area contributed by atoms with Crippen molar-refractivity contribution in [1.29, 1.82) is 0 Å². The molecule has 4 aromatic rings. The van der Waals surface area contributed by atoms with Crippen molar-refractivity contribution >= 4 is 39.8 Å². The molecular formula is C28H23ClF3N3O3. The number of benzene rings is 3.